The van der Waals surface area contributed by atoms with E-state index in [1.165, 1.54) is 14.2 Å². The third-order valence-corrected chi connectivity index (χ3v) is 2.95. The molecule has 2 rings (SSSR count). The lowest BCUT2D eigenvalue weighted by molar-refractivity contribution is 0.340. The molecule has 1 aliphatic heterocycles. The molecule has 17 heavy (non-hydrogen) atoms. The van der Waals surface area contributed by atoms with Crippen LogP contribution in [0.2, 0.25) is 0 Å². The molecule has 94 valence electrons. The van der Waals surface area contributed by atoms with Gasteiger partial charge in [0.15, 0.2) is 11.5 Å². The van der Waals surface area contributed by atoms with Crippen LogP contribution < -0.4 is 19.7 Å². The van der Waals surface area contributed by atoms with Crippen LogP contribution in [0.1, 0.15) is 0 Å². The van der Waals surface area contributed by atoms with Crippen molar-refractivity contribution >= 4 is 5.69 Å². The van der Waals surface area contributed by atoms with E-state index < -0.39 is 0 Å². The van der Waals surface area contributed by atoms with Crippen LogP contribution in [0.5, 0.6) is 17.2 Å². The Kier molecular flexibility index (Phi) is 3.58. The molecular formula is C12H18N2O3. The fourth-order valence-electron chi connectivity index (χ4n) is 1.99. The van der Waals surface area contributed by atoms with Crippen molar-refractivity contribution in [2.24, 2.45) is 0 Å². The van der Waals surface area contributed by atoms with E-state index in [0.29, 0.717) is 11.5 Å². The number of nitrogens with zero attached hydrogens (tertiary/aromatic N) is 1. The number of hydrogen-bond donors (Lipinski definition) is 2. The molecule has 1 aromatic carbocycles. The number of ether oxygens (including phenoxy) is 2. The molecular weight excluding hydrogens is 220 g/mol. The number of anilines is 1. The number of rotatable bonds is 3. The molecule has 0 aliphatic carbocycles. The largest absolute Gasteiger partial charge is 0.502 e. The summed E-state index contributed by atoms with van der Waals surface area (Å²) in [7, 11) is 3.08. The molecule has 5 nitrogen and oxygen atoms in total. The summed E-state index contributed by atoms with van der Waals surface area (Å²) in [6.45, 7) is 3.81. The van der Waals surface area contributed by atoms with Gasteiger partial charge in [-0.05, 0) is 0 Å². The Labute approximate surface area is 101 Å². The molecule has 1 heterocycles. The molecule has 0 spiro atoms. The standard InChI is InChI=1S/C12H18N2O3/c1-16-10-7-9(8-11(17-2)12(10)15)14-5-3-13-4-6-14/h7-8,13,15H,3-6H2,1-2H3. The first-order valence-electron chi connectivity index (χ1n) is 5.67. The first-order chi connectivity index (χ1) is 8.26. The summed E-state index contributed by atoms with van der Waals surface area (Å²) in [6, 6.07) is 3.67. The summed E-state index contributed by atoms with van der Waals surface area (Å²) < 4.78 is 10.3. The molecule has 5 heteroatoms. The fourth-order valence-corrected chi connectivity index (χ4v) is 1.99. The zero-order valence-corrected chi connectivity index (χ0v) is 10.2. The van der Waals surface area contributed by atoms with Crippen LogP contribution in [0.15, 0.2) is 12.1 Å². The fraction of sp³-hybridized carbons (Fsp3) is 0.500. The molecule has 1 saturated heterocycles. The van der Waals surface area contributed by atoms with Gasteiger partial charge in [-0.3, -0.25) is 0 Å². The summed E-state index contributed by atoms with van der Waals surface area (Å²) in [6.07, 6.45) is 0. The number of nitrogens with one attached hydrogen (secondary N) is 1. The second-order valence-electron chi connectivity index (χ2n) is 3.94. The smallest absolute Gasteiger partial charge is 0.200 e. The van der Waals surface area contributed by atoms with E-state index in [4.69, 9.17) is 9.47 Å². The van der Waals surface area contributed by atoms with Crippen molar-refractivity contribution in [3.05, 3.63) is 12.1 Å². The van der Waals surface area contributed by atoms with Gasteiger partial charge < -0.3 is 24.8 Å². The average molecular weight is 238 g/mol. The quantitative estimate of drug-likeness (QED) is 0.816. The highest BCUT2D eigenvalue weighted by Crippen LogP contribution is 2.40. The molecule has 0 saturated carbocycles. The highest BCUT2D eigenvalue weighted by Gasteiger charge is 2.16. The van der Waals surface area contributed by atoms with Crippen LogP contribution in [0.3, 0.4) is 0 Å². The van der Waals surface area contributed by atoms with E-state index in [1.54, 1.807) is 0 Å². The van der Waals surface area contributed by atoms with Gasteiger partial charge in [-0.1, -0.05) is 0 Å². The van der Waals surface area contributed by atoms with Crippen molar-refractivity contribution in [1.29, 1.82) is 0 Å². The van der Waals surface area contributed by atoms with E-state index >= 15 is 0 Å². The van der Waals surface area contributed by atoms with Gasteiger partial charge in [-0.25, -0.2) is 0 Å². The number of phenolic OH excluding ortho intramolecular Hbond substituents is 1. The first-order valence-corrected chi connectivity index (χ1v) is 5.67. The molecule has 0 amide bonds. The van der Waals surface area contributed by atoms with Crippen molar-refractivity contribution in [2.75, 3.05) is 45.3 Å². The van der Waals surface area contributed by atoms with Crippen molar-refractivity contribution in [3.63, 3.8) is 0 Å². The summed E-state index contributed by atoms with van der Waals surface area (Å²) in [4.78, 5) is 2.24. The van der Waals surface area contributed by atoms with Crippen molar-refractivity contribution in [3.8, 4) is 17.2 Å². The molecule has 0 atom stereocenters. The SMILES string of the molecule is COc1cc(N2CCNCC2)cc(OC)c1O. The summed E-state index contributed by atoms with van der Waals surface area (Å²) in [5, 5.41) is 13.1. The maximum Gasteiger partial charge on any atom is 0.200 e. The van der Waals surface area contributed by atoms with Crippen LogP contribution in [0.25, 0.3) is 0 Å². The normalized spacial score (nSPS) is 15.8. The molecule has 1 aliphatic rings. The van der Waals surface area contributed by atoms with Crippen LogP contribution in [0, 0.1) is 0 Å². The second-order valence-corrected chi connectivity index (χ2v) is 3.94. The van der Waals surface area contributed by atoms with Gasteiger partial charge in [0.25, 0.3) is 0 Å². The lowest BCUT2D eigenvalue weighted by atomic mass is 10.2. The number of benzene rings is 1. The first kappa shape index (κ1) is 11.9. The van der Waals surface area contributed by atoms with Gasteiger partial charge in [0.2, 0.25) is 5.75 Å². The van der Waals surface area contributed by atoms with Crippen LogP contribution >= 0.6 is 0 Å². The predicted molar refractivity (Wildman–Crippen MR) is 66.3 cm³/mol. The van der Waals surface area contributed by atoms with Gasteiger partial charge in [-0.15, -0.1) is 0 Å². The number of hydrogen-bond acceptors (Lipinski definition) is 5. The molecule has 0 unspecified atom stereocenters. The minimum atomic E-state index is 0.0499. The maximum absolute atomic E-state index is 9.83. The Morgan fingerprint density at radius 3 is 2.12 bits per heavy atom. The zero-order valence-electron chi connectivity index (χ0n) is 10.2. The summed E-state index contributed by atoms with van der Waals surface area (Å²) >= 11 is 0. The minimum Gasteiger partial charge on any atom is -0.502 e. The Bertz CT molecular complexity index is 364. The Hall–Kier alpha value is -1.62. The van der Waals surface area contributed by atoms with Crippen LogP contribution in [-0.2, 0) is 0 Å². The van der Waals surface area contributed by atoms with Gasteiger partial charge in [0.05, 0.1) is 14.2 Å². The van der Waals surface area contributed by atoms with E-state index in [1.807, 2.05) is 12.1 Å². The van der Waals surface area contributed by atoms with E-state index in [2.05, 4.69) is 10.2 Å². The average Bonchev–Trinajstić information content (AvgIpc) is 2.40. The monoisotopic (exact) mass is 238 g/mol. The van der Waals surface area contributed by atoms with Crippen LogP contribution in [0.4, 0.5) is 5.69 Å². The summed E-state index contributed by atoms with van der Waals surface area (Å²) in [5.74, 6) is 0.935. The van der Waals surface area contributed by atoms with E-state index in [-0.39, 0.29) is 5.75 Å². The zero-order chi connectivity index (χ0) is 12.3. The highest BCUT2D eigenvalue weighted by molar-refractivity contribution is 5.63. The lowest BCUT2D eigenvalue weighted by Gasteiger charge is -2.30. The molecule has 1 aromatic rings. The number of phenols is 1. The van der Waals surface area contributed by atoms with E-state index in [0.717, 1.165) is 31.9 Å². The Balaban J connectivity index is 2.33. The number of aromatic hydroxyl groups is 1. The topological polar surface area (TPSA) is 54.0 Å². The van der Waals surface area contributed by atoms with Gasteiger partial charge in [0.1, 0.15) is 0 Å². The molecule has 1 fully saturated rings. The molecule has 0 aromatic heterocycles. The van der Waals surface area contributed by atoms with Crippen molar-refractivity contribution in [2.45, 2.75) is 0 Å². The third-order valence-electron chi connectivity index (χ3n) is 2.95. The van der Waals surface area contributed by atoms with Gasteiger partial charge >= 0.3 is 0 Å². The molecule has 0 radical (unpaired) electrons. The highest BCUT2D eigenvalue weighted by atomic mass is 16.5. The minimum absolute atomic E-state index is 0.0499. The third kappa shape index (κ3) is 2.39. The van der Waals surface area contributed by atoms with Crippen molar-refractivity contribution < 1.29 is 14.6 Å². The second kappa shape index (κ2) is 5.14. The Morgan fingerprint density at radius 2 is 1.65 bits per heavy atom. The van der Waals surface area contributed by atoms with Crippen LogP contribution in [-0.4, -0.2) is 45.5 Å². The Morgan fingerprint density at radius 1 is 1.12 bits per heavy atom. The number of methoxy groups -OCH3 is 2. The lowest BCUT2D eigenvalue weighted by Crippen LogP contribution is -2.43. The van der Waals surface area contributed by atoms with E-state index in [9.17, 15) is 5.11 Å². The predicted octanol–water partition coefficient (Wildman–Crippen LogP) is 0.819. The van der Waals surface area contributed by atoms with Gasteiger partial charge in [0, 0.05) is 44.0 Å². The maximum atomic E-state index is 9.83. The summed E-state index contributed by atoms with van der Waals surface area (Å²) in [5.41, 5.74) is 1.01. The van der Waals surface area contributed by atoms with Crippen molar-refractivity contribution in [1.82, 2.24) is 5.32 Å². The van der Waals surface area contributed by atoms with Gasteiger partial charge in [-0.2, -0.15) is 0 Å². The molecule has 0 bridgehead atoms. The number of piperazine rings is 1. The molecule has 2 N–H and O–H groups in total.